The molecule has 0 heterocycles. The third-order valence-corrected chi connectivity index (χ3v) is 5.07. The van der Waals surface area contributed by atoms with E-state index in [0.717, 1.165) is 12.1 Å². The number of nitro benzene ring substituents is 1. The fourth-order valence-electron chi connectivity index (χ4n) is 2.78. The minimum atomic E-state index is -4.64. The summed E-state index contributed by atoms with van der Waals surface area (Å²) in [7, 11) is -4.64. The molecular weight excluding hydrogens is 388 g/mol. The molecule has 3 N–H and O–H groups in total. The van der Waals surface area contributed by atoms with Crippen LogP contribution in [-0.2, 0) is 10.1 Å². The van der Waals surface area contributed by atoms with Crippen LogP contribution in [0, 0.1) is 17.0 Å². The van der Waals surface area contributed by atoms with Gasteiger partial charge < -0.3 is 10.4 Å². The summed E-state index contributed by atoms with van der Waals surface area (Å²) in [4.78, 5) is 22.4. The van der Waals surface area contributed by atoms with Gasteiger partial charge in [-0.1, -0.05) is 30.3 Å². The predicted octanol–water partition coefficient (Wildman–Crippen LogP) is 3.26. The molecule has 0 aliphatic carbocycles. The van der Waals surface area contributed by atoms with E-state index < -0.39 is 31.6 Å². The molecule has 1 amide bonds. The van der Waals surface area contributed by atoms with E-state index in [1.165, 1.54) is 37.3 Å². The zero-order chi connectivity index (χ0) is 20.6. The molecule has 0 aliphatic rings. The summed E-state index contributed by atoms with van der Waals surface area (Å²) in [6, 6.07) is 10.7. The molecule has 0 saturated heterocycles. The highest BCUT2D eigenvalue weighted by molar-refractivity contribution is 7.86. The van der Waals surface area contributed by atoms with Crippen LogP contribution in [0.25, 0.3) is 10.8 Å². The Morgan fingerprint density at radius 2 is 1.75 bits per heavy atom. The van der Waals surface area contributed by atoms with Crippen LogP contribution in [-0.4, -0.2) is 28.9 Å². The van der Waals surface area contributed by atoms with Crippen molar-refractivity contribution in [1.29, 1.82) is 0 Å². The number of anilines is 1. The van der Waals surface area contributed by atoms with Crippen molar-refractivity contribution in [2.24, 2.45) is 0 Å². The lowest BCUT2D eigenvalue weighted by molar-refractivity contribution is -0.385. The Kier molecular flexibility index (Phi) is 4.75. The maximum Gasteiger partial charge on any atom is 0.295 e. The topological polar surface area (TPSA) is 147 Å². The van der Waals surface area contributed by atoms with E-state index in [0.29, 0.717) is 5.56 Å². The van der Waals surface area contributed by atoms with Crippen molar-refractivity contribution in [3.8, 4) is 5.75 Å². The fraction of sp³-hybridized carbons (Fsp3) is 0.0556. The maximum atomic E-state index is 12.5. The van der Waals surface area contributed by atoms with Crippen LogP contribution in [0.1, 0.15) is 15.9 Å². The molecule has 28 heavy (non-hydrogen) atoms. The average Bonchev–Trinajstić information content (AvgIpc) is 2.63. The van der Waals surface area contributed by atoms with E-state index in [9.17, 15) is 33.0 Å². The highest BCUT2D eigenvalue weighted by atomic mass is 32.2. The van der Waals surface area contributed by atoms with Crippen molar-refractivity contribution in [1.82, 2.24) is 0 Å². The summed E-state index contributed by atoms with van der Waals surface area (Å²) < 4.78 is 32.9. The quantitative estimate of drug-likeness (QED) is 0.263. The van der Waals surface area contributed by atoms with E-state index in [4.69, 9.17) is 0 Å². The highest BCUT2D eigenvalue weighted by Gasteiger charge is 2.21. The molecule has 0 fully saturated rings. The van der Waals surface area contributed by atoms with Gasteiger partial charge in [-0.3, -0.25) is 19.5 Å². The van der Waals surface area contributed by atoms with Gasteiger partial charge in [-0.05, 0) is 19.1 Å². The van der Waals surface area contributed by atoms with Gasteiger partial charge in [-0.25, -0.2) is 0 Å². The number of nitrogens with zero attached hydrogens (tertiary/aromatic N) is 1. The Balaban J connectivity index is 2.10. The minimum Gasteiger partial charge on any atom is -0.505 e. The number of amides is 1. The van der Waals surface area contributed by atoms with Gasteiger partial charge in [-0.15, -0.1) is 0 Å². The van der Waals surface area contributed by atoms with Crippen LogP contribution in [0.15, 0.2) is 53.4 Å². The van der Waals surface area contributed by atoms with Crippen molar-refractivity contribution in [3.63, 3.8) is 0 Å². The molecule has 3 rings (SSSR count). The Morgan fingerprint density at radius 3 is 2.36 bits per heavy atom. The zero-order valence-corrected chi connectivity index (χ0v) is 15.2. The molecule has 10 heteroatoms. The lowest BCUT2D eigenvalue weighted by Crippen LogP contribution is -2.13. The molecule has 0 aliphatic heterocycles. The van der Waals surface area contributed by atoms with Crippen molar-refractivity contribution >= 4 is 38.2 Å². The van der Waals surface area contributed by atoms with Crippen LogP contribution >= 0.6 is 0 Å². The Morgan fingerprint density at radius 1 is 1.11 bits per heavy atom. The number of aromatic hydroxyl groups is 1. The van der Waals surface area contributed by atoms with Crippen molar-refractivity contribution in [3.05, 3.63) is 69.8 Å². The molecule has 0 saturated carbocycles. The van der Waals surface area contributed by atoms with Gasteiger partial charge in [0.2, 0.25) is 0 Å². The smallest absolute Gasteiger partial charge is 0.295 e. The van der Waals surface area contributed by atoms with Gasteiger partial charge >= 0.3 is 0 Å². The van der Waals surface area contributed by atoms with Crippen LogP contribution in [0.2, 0.25) is 0 Å². The largest absolute Gasteiger partial charge is 0.505 e. The molecular formula is C18H14N2O7S. The first-order valence-electron chi connectivity index (χ1n) is 7.88. The van der Waals surface area contributed by atoms with Gasteiger partial charge in [0, 0.05) is 28.0 Å². The van der Waals surface area contributed by atoms with Gasteiger partial charge in [0.1, 0.15) is 10.6 Å². The molecule has 0 aromatic heterocycles. The molecule has 0 bridgehead atoms. The van der Waals surface area contributed by atoms with Crippen molar-refractivity contribution in [2.75, 3.05) is 5.32 Å². The Bertz CT molecular complexity index is 1240. The number of hydrogen-bond donors (Lipinski definition) is 3. The molecule has 3 aromatic carbocycles. The summed E-state index contributed by atoms with van der Waals surface area (Å²) in [5.41, 5.74) is -0.212. The van der Waals surface area contributed by atoms with Gasteiger partial charge in [0.25, 0.3) is 21.7 Å². The SMILES string of the molecule is Cc1ccc(C(=O)Nc2cc(S(=O)(=O)O)c3ccccc3c2O)cc1[N+](=O)[O-]. The summed E-state index contributed by atoms with van der Waals surface area (Å²) in [6.07, 6.45) is 0. The maximum absolute atomic E-state index is 12.5. The number of nitro groups is 1. The number of phenols is 1. The predicted molar refractivity (Wildman–Crippen MR) is 101 cm³/mol. The molecule has 0 radical (unpaired) electrons. The first-order chi connectivity index (χ1) is 13.1. The van der Waals surface area contributed by atoms with E-state index in [1.54, 1.807) is 6.07 Å². The second-order valence-corrected chi connectivity index (χ2v) is 7.39. The number of hydrogen-bond acceptors (Lipinski definition) is 6. The van der Waals surface area contributed by atoms with E-state index in [1.807, 2.05) is 0 Å². The third-order valence-electron chi connectivity index (χ3n) is 4.17. The number of carbonyl (C=O) groups excluding carboxylic acids is 1. The van der Waals surface area contributed by atoms with Crippen LogP contribution in [0.5, 0.6) is 5.75 Å². The molecule has 3 aromatic rings. The Hall–Kier alpha value is -3.50. The number of rotatable bonds is 4. The van der Waals surface area contributed by atoms with Crippen LogP contribution in [0.3, 0.4) is 0 Å². The van der Waals surface area contributed by atoms with Crippen molar-refractivity contribution < 1.29 is 27.8 Å². The van der Waals surface area contributed by atoms with Crippen molar-refractivity contribution in [2.45, 2.75) is 11.8 Å². The first kappa shape index (κ1) is 19.3. The van der Waals surface area contributed by atoms with Gasteiger partial charge in [-0.2, -0.15) is 8.42 Å². The number of fused-ring (bicyclic) bond motifs is 1. The zero-order valence-electron chi connectivity index (χ0n) is 14.4. The van der Waals surface area contributed by atoms with E-state index in [-0.39, 0.29) is 27.7 Å². The Labute approximate surface area is 159 Å². The molecule has 0 atom stereocenters. The fourth-order valence-corrected chi connectivity index (χ4v) is 3.50. The van der Waals surface area contributed by atoms with Crippen LogP contribution in [0.4, 0.5) is 11.4 Å². The molecule has 0 spiro atoms. The van der Waals surface area contributed by atoms with E-state index in [2.05, 4.69) is 5.32 Å². The standard InChI is InChI=1S/C18H14N2O7S/c1-10-6-7-11(8-15(10)20(23)24)18(22)19-14-9-16(28(25,26)27)12-4-2-3-5-13(12)17(14)21/h2-9,21H,1H3,(H,19,22)(H,25,26,27). The summed E-state index contributed by atoms with van der Waals surface area (Å²) in [5, 5.41) is 24.0. The first-order valence-corrected chi connectivity index (χ1v) is 9.32. The summed E-state index contributed by atoms with van der Waals surface area (Å²) >= 11 is 0. The van der Waals surface area contributed by atoms with Crippen LogP contribution < -0.4 is 5.32 Å². The molecule has 9 nitrogen and oxygen atoms in total. The lowest BCUT2D eigenvalue weighted by Gasteiger charge is -2.13. The number of phenolic OH excluding ortho intramolecular Hbond substituents is 1. The second kappa shape index (κ2) is 6.91. The third kappa shape index (κ3) is 3.50. The molecule has 0 unspecified atom stereocenters. The van der Waals surface area contributed by atoms with Gasteiger partial charge in [0.05, 0.1) is 10.6 Å². The lowest BCUT2D eigenvalue weighted by atomic mass is 10.1. The van der Waals surface area contributed by atoms with E-state index >= 15 is 0 Å². The monoisotopic (exact) mass is 402 g/mol. The number of benzene rings is 3. The second-order valence-electron chi connectivity index (χ2n) is 6.00. The molecule has 144 valence electrons. The normalized spacial score (nSPS) is 11.4. The highest BCUT2D eigenvalue weighted by Crippen LogP contribution is 2.37. The minimum absolute atomic E-state index is 0.0572. The summed E-state index contributed by atoms with van der Waals surface area (Å²) in [6.45, 7) is 1.52. The number of aryl methyl sites for hydroxylation is 1. The number of carbonyl (C=O) groups is 1. The summed E-state index contributed by atoms with van der Waals surface area (Å²) in [5.74, 6) is -1.20. The van der Waals surface area contributed by atoms with Gasteiger partial charge in [0.15, 0.2) is 0 Å². The average molecular weight is 402 g/mol. The number of nitrogens with one attached hydrogen (secondary N) is 1.